The molecule has 0 aromatic heterocycles. The number of phenolic OH excluding ortho intramolecular Hbond substituents is 1. The van der Waals surface area contributed by atoms with Crippen LogP contribution in [0, 0.1) is 174 Å². The zero-order valence-corrected chi connectivity index (χ0v) is 85.7. The Balaban J connectivity index is 0.000000105. The molecule has 24 rings (SSSR count). The van der Waals surface area contributed by atoms with Gasteiger partial charge in [0.05, 0.1) is 36.6 Å². The first kappa shape index (κ1) is 97.8. The molecule has 11 nitrogen and oxygen atoms in total. The number of carbonyl (C=O) groups excluding carboxylic acids is 4. The third kappa shape index (κ3) is 16.8. The number of aliphatic hydroxyl groups is 6. The summed E-state index contributed by atoms with van der Waals surface area (Å²) in [6, 6.07) is 39.8. The normalized spacial score (nSPS) is 40.3. The van der Waals surface area contributed by atoms with Crippen molar-refractivity contribution in [1.82, 2.24) is 0 Å². The van der Waals surface area contributed by atoms with E-state index in [1.165, 1.54) is 164 Å². The van der Waals surface area contributed by atoms with E-state index in [4.69, 9.17) is 0 Å². The molecule has 6 aromatic rings. The largest absolute Gasteiger partial charge is 0.508 e. The maximum atomic E-state index is 13.1. The van der Waals surface area contributed by atoms with Gasteiger partial charge in [-0.05, 0) is 474 Å². The molecule has 0 radical (unpaired) electrons. The van der Waals surface area contributed by atoms with Crippen molar-refractivity contribution in [2.45, 2.75) is 371 Å². The van der Waals surface area contributed by atoms with Gasteiger partial charge in [0.1, 0.15) is 28.9 Å². The van der Waals surface area contributed by atoms with Gasteiger partial charge in [-0.1, -0.05) is 179 Å². The third-order valence-electron chi connectivity index (χ3n) is 43.2. The van der Waals surface area contributed by atoms with Gasteiger partial charge in [-0.15, -0.1) is 0 Å². The van der Waals surface area contributed by atoms with E-state index in [0.29, 0.717) is 136 Å². The van der Waals surface area contributed by atoms with Crippen LogP contribution in [0.15, 0.2) is 121 Å². The van der Waals surface area contributed by atoms with Crippen molar-refractivity contribution in [2.75, 3.05) is 0 Å². The van der Waals surface area contributed by atoms with Crippen LogP contribution in [0.25, 0.3) is 11.1 Å². The SMILES string of the molecule is CC(=O)C1CCC2C3CCc4cc(C)ccc4C3=CC[C@]12C.CC(=O)C1CCC2C3CCc4cc(C)ccc4C3C(=O)C[C@]12C.CC(=O)C1CCC2C3CCc4cc(O)ccc4C3=CC[C@]12C.Cc1ccc2c(c1)CCC1C2[C@@H](O)C[C@]2(C)C(C(C)O)CCC12.Cc1ccc2c(c1)CCC1C2[C@H](O)C[C@]2(C)C(C(C)O)CCC12.Cc1ccc2c(c1)CCC1C2[C@H](O)C[C@]2(C)C(C(C)O)CCC12. The van der Waals surface area contributed by atoms with Gasteiger partial charge >= 0.3 is 0 Å². The zero-order valence-electron chi connectivity index (χ0n) is 85.7. The fraction of sp³-hybridized carbons (Fsp3) is 0.648. The average molecular weight is 1840 g/mol. The number of hydrogen-bond acceptors (Lipinski definition) is 11. The zero-order chi connectivity index (χ0) is 96.4. The van der Waals surface area contributed by atoms with Crippen molar-refractivity contribution in [1.29, 1.82) is 0 Å². The van der Waals surface area contributed by atoms with E-state index in [1.807, 2.05) is 32.9 Å². The Bertz CT molecular complexity index is 5230. The van der Waals surface area contributed by atoms with Crippen LogP contribution < -0.4 is 0 Å². The van der Waals surface area contributed by atoms with Crippen LogP contribution in [0.1, 0.15) is 355 Å². The highest BCUT2D eigenvalue weighted by molar-refractivity contribution is 5.90. The van der Waals surface area contributed by atoms with Crippen LogP contribution in [0.3, 0.4) is 0 Å². The Morgan fingerprint density at radius 2 is 0.625 bits per heavy atom. The highest BCUT2D eigenvalue weighted by atomic mass is 16.3. The molecule has 0 bridgehead atoms. The van der Waals surface area contributed by atoms with E-state index in [0.717, 1.165) is 122 Å². The van der Waals surface area contributed by atoms with Gasteiger partial charge in [0.25, 0.3) is 0 Å². The fourth-order valence-corrected chi connectivity index (χ4v) is 37.5. The smallest absolute Gasteiger partial charge is 0.141 e. The van der Waals surface area contributed by atoms with Crippen molar-refractivity contribution in [2.24, 2.45) is 139 Å². The van der Waals surface area contributed by atoms with Crippen molar-refractivity contribution in [3.63, 3.8) is 0 Å². The molecule has 18 aliphatic carbocycles. The Morgan fingerprint density at radius 3 is 0.993 bits per heavy atom. The van der Waals surface area contributed by atoms with E-state index in [-0.39, 0.29) is 98.6 Å². The van der Waals surface area contributed by atoms with Crippen LogP contribution in [0.2, 0.25) is 0 Å². The molecule has 136 heavy (non-hydrogen) atoms. The summed E-state index contributed by atoms with van der Waals surface area (Å²) < 4.78 is 0. The molecule has 0 heterocycles. The number of fused-ring (bicyclic) bond motifs is 30. The first-order valence-electron chi connectivity index (χ1n) is 54.5. The van der Waals surface area contributed by atoms with Crippen LogP contribution in [-0.4, -0.2) is 95.5 Å². The van der Waals surface area contributed by atoms with Gasteiger partial charge in [0.15, 0.2) is 0 Å². The highest BCUT2D eigenvalue weighted by Crippen LogP contribution is 2.70. The summed E-state index contributed by atoms with van der Waals surface area (Å²) in [7, 11) is 0. The van der Waals surface area contributed by atoms with Gasteiger partial charge in [0, 0.05) is 47.8 Å². The molecule has 732 valence electrons. The Morgan fingerprint density at radius 1 is 0.331 bits per heavy atom. The number of benzene rings is 6. The molecule has 0 saturated heterocycles. The van der Waals surface area contributed by atoms with Crippen LogP contribution in [0.5, 0.6) is 5.75 Å². The number of ketones is 4. The molecule has 6 aromatic carbocycles. The van der Waals surface area contributed by atoms with Gasteiger partial charge in [-0.2, -0.15) is 0 Å². The number of aliphatic hydroxyl groups excluding tert-OH is 6. The lowest BCUT2D eigenvalue weighted by atomic mass is 9.52. The second-order valence-corrected chi connectivity index (χ2v) is 50.3. The number of allylic oxidation sites excluding steroid dienone is 4. The third-order valence-corrected chi connectivity index (χ3v) is 43.2. The number of phenols is 1. The minimum Gasteiger partial charge on any atom is -0.508 e. The number of rotatable bonds is 6. The minimum atomic E-state index is -0.262. The van der Waals surface area contributed by atoms with Crippen LogP contribution in [-0.2, 0) is 57.7 Å². The van der Waals surface area contributed by atoms with E-state index >= 15 is 0 Å². The van der Waals surface area contributed by atoms with Gasteiger partial charge in [0.2, 0.25) is 0 Å². The number of aromatic hydroxyl groups is 1. The Hall–Kier alpha value is -6.96. The lowest BCUT2D eigenvalue weighted by Crippen LogP contribution is -2.50. The van der Waals surface area contributed by atoms with Crippen molar-refractivity contribution in [3.8, 4) is 5.75 Å². The van der Waals surface area contributed by atoms with Crippen molar-refractivity contribution >= 4 is 34.3 Å². The molecule has 25 unspecified atom stereocenters. The van der Waals surface area contributed by atoms with Gasteiger partial charge in [-0.25, -0.2) is 0 Å². The predicted octanol–water partition coefficient (Wildman–Crippen LogP) is 25.0. The average Bonchev–Trinajstić information content (AvgIpc) is 1.52. The van der Waals surface area contributed by atoms with Crippen molar-refractivity contribution in [3.05, 3.63) is 216 Å². The molecular formula is C125H166O11. The summed E-state index contributed by atoms with van der Waals surface area (Å²) in [5.74, 6) is 11.9. The minimum absolute atomic E-state index is 0.0862. The monoisotopic (exact) mass is 1840 g/mol. The molecule has 0 aliphatic heterocycles. The van der Waals surface area contributed by atoms with E-state index < -0.39 is 0 Å². The predicted molar refractivity (Wildman–Crippen MR) is 546 cm³/mol. The Kier molecular flexibility index (Phi) is 26.9. The van der Waals surface area contributed by atoms with Gasteiger partial charge < -0.3 is 35.7 Å². The van der Waals surface area contributed by atoms with Crippen LogP contribution in [0.4, 0.5) is 0 Å². The maximum absolute atomic E-state index is 13.1. The van der Waals surface area contributed by atoms with E-state index in [1.54, 1.807) is 26.3 Å². The molecule has 11 heteroatoms. The fourth-order valence-electron chi connectivity index (χ4n) is 37.5. The standard InChI is InChI=1S/3C21H30O2.C21H26O2.C21H26O.C20H24O2/c4*1-12-4-6-15-14(10-12)5-7-16-18-9-8-17(13(2)22)21(18,3)11-19(23)20(15)16;1-13-4-6-16-15(12-13)5-7-18-17(16)10-11-21(3)19(14(2)22)8-9-20(18)21;1-12(21)18-7-8-19-17-5-3-13-11-14(22)4-6-15(13)16(17)9-10-20(18,19)2/h3*4,6,10,13,16-20,22-23H,5,7-9,11H2,1-3H3;4,6,10,16-18,20H,5,7-9,11H2,1-3H3;4,6,10,12,18-20H,5,7-9,11H2,1-3H3;4,6,9,11,17-19,22H,3,5,7-8,10H2,1-2H3/t13?,16?,17?,18?,19-,20?,21+;2*13?,16?,17?,18?,19-,20?,21-;16?,17?,18?,20?,21-;18?,19?,20?,21-;17?,18?,19?,20-/m011111/s1. The second kappa shape index (κ2) is 37.4. The van der Waals surface area contributed by atoms with Gasteiger partial charge in [-0.3, -0.25) is 19.2 Å². The van der Waals surface area contributed by atoms with Crippen LogP contribution >= 0.6 is 0 Å². The molecule has 0 amide bonds. The van der Waals surface area contributed by atoms with Crippen molar-refractivity contribution < 1.29 is 54.9 Å². The number of carbonyl (C=O) groups is 4. The number of aryl methyl sites for hydroxylation is 11. The summed E-state index contributed by atoms with van der Waals surface area (Å²) in [5.41, 5.74) is 27.2. The van der Waals surface area contributed by atoms with E-state index in [2.05, 4.69) is 185 Å². The first-order chi connectivity index (χ1) is 64.7. The Labute approximate surface area is 815 Å². The summed E-state index contributed by atoms with van der Waals surface area (Å²) >= 11 is 0. The molecule has 34 atom stereocenters. The maximum Gasteiger partial charge on any atom is 0.141 e. The summed E-state index contributed by atoms with van der Waals surface area (Å²) in [4.78, 5) is 49.3. The molecular weight excluding hydrogens is 1680 g/mol. The molecule has 0 spiro atoms. The second-order valence-electron chi connectivity index (χ2n) is 50.3. The quantitative estimate of drug-likeness (QED) is 0.0834. The first-order valence-corrected chi connectivity index (χ1v) is 54.5. The highest BCUT2D eigenvalue weighted by Gasteiger charge is 2.65. The summed E-state index contributed by atoms with van der Waals surface area (Å²) in [5, 5.41) is 73.6. The molecule has 10 fully saturated rings. The topological polar surface area (TPSA) is 210 Å². The molecule has 10 saturated carbocycles. The number of Topliss-reactive ketones (excluding diaryl/α,β-unsaturated/α-hetero) is 4. The number of hydrogen-bond donors (Lipinski definition) is 7. The molecule has 7 N–H and O–H groups in total. The summed E-state index contributed by atoms with van der Waals surface area (Å²) in [6.07, 6.45) is 36.2. The lowest BCUT2D eigenvalue weighted by molar-refractivity contribution is -0.136. The summed E-state index contributed by atoms with van der Waals surface area (Å²) in [6.45, 7) is 35.9. The van der Waals surface area contributed by atoms with E-state index in [9.17, 15) is 54.9 Å². The molecule has 18 aliphatic rings. The lowest BCUT2D eigenvalue weighted by Gasteiger charge is -2.53.